The van der Waals surface area contributed by atoms with E-state index in [2.05, 4.69) is 9.97 Å². The van der Waals surface area contributed by atoms with Crippen molar-refractivity contribution in [2.24, 2.45) is 0 Å². The molecule has 0 saturated heterocycles. The van der Waals surface area contributed by atoms with Gasteiger partial charge >= 0.3 is 0 Å². The molecule has 0 spiro atoms. The van der Waals surface area contributed by atoms with E-state index in [-0.39, 0.29) is 4.90 Å². The molecule has 0 aliphatic carbocycles. The van der Waals surface area contributed by atoms with Crippen molar-refractivity contribution in [3.63, 3.8) is 0 Å². The van der Waals surface area contributed by atoms with Crippen molar-refractivity contribution < 1.29 is 8.42 Å². The summed E-state index contributed by atoms with van der Waals surface area (Å²) in [6, 6.07) is 10.4. The van der Waals surface area contributed by atoms with Crippen LogP contribution in [0.2, 0.25) is 0 Å². The average molecular weight is 319 g/mol. The van der Waals surface area contributed by atoms with E-state index >= 15 is 0 Å². The zero-order valence-electron chi connectivity index (χ0n) is 10.8. The van der Waals surface area contributed by atoms with Crippen LogP contribution >= 0.6 is 10.7 Å². The van der Waals surface area contributed by atoms with Crippen LogP contribution in [0.3, 0.4) is 0 Å². The highest BCUT2D eigenvalue weighted by Crippen LogP contribution is 2.24. The number of hydrogen-bond acceptors (Lipinski definition) is 3. The smallest absolute Gasteiger partial charge is 0.261 e. The first-order valence-corrected chi connectivity index (χ1v) is 8.50. The molecular weight excluding hydrogens is 308 g/mol. The van der Waals surface area contributed by atoms with Gasteiger partial charge in [-0.1, -0.05) is 18.2 Å². The largest absolute Gasteiger partial charge is 0.361 e. The van der Waals surface area contributed by atoms with Crippen molar-refractivity contribution in [3.8, 4) is 0 Å². The number of hydrogen-bond donors (Lipinski definition) is 1. The summed E-state index contributed by atoms with van der Waals surface area (Å²) in [6.45, 7) is 0. The summed E-state index contributed by atoms with van der Waals surface area (Å²) in [5.74, 6) is 0. The molecule has 0 unspecified atom stereocenters. The molecule has 21 heavy (non-hydrogen) atoms. The van der Waals surface area contributed by atoms with E-state index in [9.17, 15) is 8.42 Å². The number of nitrogens with zero attached hydrogens (tertiary/aromatic N) is 1. The number of halogens is 1. The lowest BCUT2D eigenvalue weighted by molar-refractivity contribution is 0.609. The highest BCUT2D eigenvalue weighted by molar-refractivity contribution is 8.13. The molecule has 0 atom stereocenters. The van der Waals surface area contributed by atoms with Crippen LogP contribution < -0.4 is 0 Å². The minimum Gasteiger partial charge on any atom is -0.361 e. The van der Waals surface area contributed by atoms with Crippen molar-refractivity contribution in [3.05, 3.63) is 60.0 Å². The van der Waals surface area contributed by atoms with E-state index in [1.54, 1.807) is 12.3 Å². The van der Waals surface area contributed by atoms with E-state index < -0.39 is 9.05 Å². The number of H-pyrrole nitrogens is 1. The maximum absolute atomic E-state index is 11.3. The molecule has 2 heterocycles. The molecule has 0 aliphatic heterocycles. The lowest BCUT2D eigenvalue weighted by Crippen LogP contribution is -1.89. The summed E-state index contributed by atoms with van der Waals surface area (Å²) < 4.78 is 22.6. The molecule has 3 rings (SSSR count). The quantitative estimate of drug-likeness (QED) is 0.750. The van der Waals surface area contributed by atoms with Gasteiger partial charge in [0.05, 0.1) is 10.6 Å². The third-order valence-corrected chi connectivity index (χ3v) is 4.44. The highest BCUT2D eigenvalue weighted by atomic mass is 35.7. The number of benzene rings is 1. The molecule has 3 aromatic rings. The second-order valence-electron chi connectivity index (χ2n) is 4.48. The first kappa shape index (κ1) is 13.9. The van der Waals surface area contributed by atoms with Crippen LogP contribution in [0.1, 0.15) is 11.3 Å². The summed E-state index contributed by atoms with van der Waals surface area (Å²) in [5, 5.41) is 0.922. The number of rotatable bonds is 3. The van der Waals surface area contributed by atoms with Crippen molar-refractivity contribution in [2.45, 2.75) is 4.90 Å². The molecule has 0 radical (unpaired) electrons. The Morgan fingerprint density at radius 1 is 1.14 bits per heavy atom. The Hall–Kier alpha value is -2.11. The Bertz CT molecular complexity index is 915. The van der Waals surface area contributed by atoms with Crippen LogP contribution in [0, 0.1) is 0 Å². The topological polar surface area (TPSA) is 62.8 Å². The third-order valence-electron chi connectivity index (χ3n) is 3.09. The molecule has 0 bridgehead atoms. The standard InChI is InChI=1S/C15H11ClN2O2S/c16-21(19,20)13-6-7-14-11(10-18-15(14)9-13)4-5-12-3-1-2-8-17-12/h1-10,18H/b5-4+. The fourth-order valence-electron chi connectivity index (χ4n) is 2.07. The number of nitrogens with one attached hydrogen (secondary N) is 1. The zero-order valence-corrected chi connectivity index (χ0v) is 12.4. The number of fused-ring (bicyclic) bond motifs is 1. The van der Waals surface area contributed by atoms with Gasteiger partial charge in [-0.3, -0.25) is 4.98 Å². The van der Waals surface area contributed by atoms with Gasteiger partial charge in [-0.15, -0.1) is 0 Å². The lowest BCUT2D eigenvalue weighted by Gasteiger charge is -1.97. The lowest BCUT2D eigenvalue weighted by atomic mass is 10.1. The molecule has 2 aromatic heterocycles. The monoisotopic (exact) mass is 318 g/mol. The summed E-state index contributed by atoms with van der Waals surface area (Å²) in [6.07, 6.45) is 7.37. The van der Waals surface area contributed by atoms with Gasteiger partial charge < -0.3 is 4.98 Å². The number of aromatic nitrogens is 2. The van der Waals surface area contributed by atoms with E-state index in [1.165, 1.54) is 12.1 Å². The maximum Gasteiger partial charge on any atom is 0.261 e. The molecule has 4 nitrogen and oxygen atoms in total. The Kier molecular flexibility index (Phi) is 3.53. The predicted octanol–water partition coefficient (Wildman–Crippen LogP) is 3.66. The summed E-state index contributed by atoms with van der Waals surface area (Å²) in [5.41, 5.74) is 2.53. The summed E-state index contributed by atoms with van der Waals surface area (Å²) in [4.78, 5) is 7.34. The van der Waals surface area contributed by atoms with E-state index in [4.69, 9.17) is 10.7 Å². The molecule has 0 aliphatic rings. The van der Waals surface area contributed by atoms with E-state index in [0.717, 1.165) is 22.2 Å². The van der Waals surface area contributed by atoms with Crippen molar-refractivity contribution in [1.82, 2.24) is 9.97 Å². The van der Waals surface area contributed by atoms with Crippen LogP contribution in [-0.4, -0.2) is 18.4 Å². The molecule has 0 amide bonds. The summed E-state index contributed by atoms with van der Waals surface area (Å²) in [7, 11) is 1.63. The minimum atomic E-state index is -3.72. The number of aromatic amines is 1. The van der Waals surface area contributed by atoms with Gasteiger partial charge in [0.2, 0.25) is 0 Å². The second kappa shape index (κ2) is 5.35. The molecule has 1 N–H and O–H groups in total. The Labute approximate surface area is 126 Å². The first-order chi connectivity index (χ1) is 10.0. The van der Waals surface area contributed by atoms with Gasteiger partial charge in [0.15, 0.2) is 0 Å². The zero-order chi connectivity index (χ0) is 14.9. The second-order valence-corrected chi connectivity index (χ2v) is 7.04. The van der Waals surface area contributed by atoms with E-state index in [0.29, 0.717) is 0 Å². The maximum atomic E-state index is 11.3. The minimum absolute atomic E-state index is 0.0822. The fraction of sp³-hybridized carbons (Fsp3) is 0. The summed E-state index contributed by atoms with van der Waals surface area (Å²) >= 11 is 0. The van der Waals surface area contributed by atoms with Gasteiger partial charge in [-0.05, 0) is 35.9 Å². The third kappa shape index (κ3) is 2.99. The van der Waals surface area contributed by atoms with Crippen molar-refractivity contribution in [1.29, 1.82) is 0 Å². The van der Waals surface area contributed by atoms with Gasteiger partial charge in [0.25, 0.3) is 9.05 Å². The van der Waals surface area contributed by atoms with Crippen LogP contribution in [0.5, 0.6) is 0 Å². The SMILES string of the molecule is O=S(=O)(Cl)c1ccc2c(/C=C/c3ccccn3)c[nH]c2c1. The van der Waals surface area contributed by atoms with Crippen LogP contribution in [0.15, 0.2) is 53.7 Å². The van der Waals surface area contributed by atoms with Crippen LogP contribution in [0.4, 0.5) is 0 Å². The van der Waals surface area contributed by atoms with Crippen molar-refractivity contribution in [2.75, 3.05) is 0 Å². The van der Waals surface area contributed by atoms with Crippen molar-refractivity contribution >= 4 is 42.8 Å². The average Bonchev–Trinajstić information content (AvgIpc) is 2.87. The van der Waals surface area contributed by atoms with E-state index in [1.807, 2.05) is 36.5 Å². The van der Waals surface area contributed by atoms with Gasteiger partial charge in [0.1, 0.15) is 0 Å². The molecule has 106 valence electrons. The van der Waals surface area contributed by atoms with Crippen LogP contribution in [-0.2, 0) is 9.05 Å². The predicted molar refractivity (Wildman–Crippen MR) is 84.5 cm³/mol. The fourth-order valence-corrected chi connectivity index (χ4v) is 2.84. The van der Waals surface area contributed by atoms with Gasteiger partial charge in [0, 0.05) is 34.0 Å². The molecule has 6 heteroatoms. The highest BCUT2D eigenvalue weighted by Gasteiger charge is 2.11. The first-order valence-electron chi connectivity index (χ1n) is 6.19. The number of pyridine rings is 1. The Balaban J connectivity index is 2.00. The molecule has 1 aromatic carbocycles. The van der Waals surface area contributed by atoms with Gasteiger partial charge in [-0.25, -0.2) is 8.42 Å². The van der Waals surface area contributed by atoms with Crippen LogP contribution in [0.25, 0.3) is 23.1 Å². The Morgan fingerprint density at radius 2 is 2.00 bits per heavy atom. The van der Waals surface area contributed by atoms with Gasteiger partial charge in [-0.2, -0.15) is 0 Å². The molecule has 0 saturated carbocycles. The Morgan fingerprint density at radius 3 is 2.71 bits per heavy atom. The molecule has 0 fully saturated rings. The molecular formula is C15H11ClN2O2S. The normalized spacial score (nSPS) is 12.2.